The summed E-state index contributed by atoms with van der Waals surface area (Å²) in [6.45, 7) is 2.09. The molecular formula is C15H17FN2O3. The van der Waals surface area contributed by atoms with Gasteiger partial charge in [0.2, 0.25) is 5.91 Å². The third-order valence-electron chi connectivity index (χ3n) is 3.25. The maximum atomic E-state index is 13.1. The van der Waals surface area contributed by atoms with E-state index in [2.05, 4.69) is 10.3 Å². The zero-order valence-electron chi connectivity index (χ0n) is 11.6. The molecule has 1 aromatic heterocycles. The van der Waals surface area contributed by atoms with Crippen molar-refractivity contribution in [3.63, 3.8) is 0 Å². The van der Waals surface area contributed by atoms with E-state index in [0.29, 0.717) is 12.1 Å². The minimum absolute atomic E-state index is 0.0205. The Morgan fingerprint density at radius 1 is 1.43 bits per heavy atom. The van der Waals surface area contributed by atoms with E-state index in [1.54, 1.807) is 19.2 Å². The fraction of sp³-hybridized carbons (Fsp3) is 0.333. The van der Waals surface area contributed by atoms with Crippen LogP contribution in [-0.4, -0.2) is 28.5 Å². The third-order valence-corrected chi connectivity index (χ3v) is 3.25. The molecule has 0 spiro atoms. The molecule has 0 radical (unpaired) electrons. The lowest BCUT2D eigenvalue weighted by Crippen LogP contribution is -2.30. The first-order chi connectivity index (χ1) is 9.95. The summed E-state index contributed by atoms with van der Waals surface area (Å²) in [6.07, 6.45) is 1.88. The van der Waals surface area contributed by atoms with Gasteiger partial charge in [0.15, 0.2) is 0 Å². The predicted octanol–water partition coefficient (Wildman–Crippen LogP) is 2.08. The number of aliphatic carboxylic acids is 1. The van der Waals surface area contributed by atoms with Crippen LogP contribution in [0.15, 0.2) is 24.4 Å². The van der Waals surface area contributed by atoms with Gasteiger partial charge in [-0.15, -0.1) is 0 Å². The van der Waals surface area contributed by atoms with Gasteiger partial charge in [0.25, 0.3) is 0 Å². The van der Waals surface area contributed by atoms with Crippen LogP contribution >= 0.6 is 0 Å². The SMILES string of the molecule is CC(CNC(=O)Cc1c[nH]c2cc(F)ccc12)CC(=O)O. The first kappa shape index (κ1) is 15.0. The summed E-state index contributed by atoms with van der Waals surface area (Å²) in [6, 6.07) is 4.37. The summed E-state index contributed by atoms with van der Waals surface area (Å²) < 4.78 is 13.1. The number of fused-ring (bicyclic) bond motifs is 1. The Balaban J connectivity index is 1.94. The number of aromatic nitrogens is 1. The van der Waals surface area contributed by atoms with E-state index < -0.39 is 5.97 Å². The number of amides is 1. The Morgan fingerprint density at radius 2 is 2.19 bits per heavy atom. The lowest BCUT2D eigenvalue weighted by Gasteiger charge is -2.10. The normalized spacial score (nSPS) is 12.3. The summed E-state index contributed by atoms with van der Waals surface area (Å²) >= 11 is 0. The third kappa shape index (κ3) is 4.05. The molecule has 1 unspecified atom stereocenters. The molecule has 6 heteroatoms. The minimum Gasteiger partial charge on any atom is -0.481 e. The van der Waals surface area contributed by atoms with Crippen molar-refractivity contribution >= 4 is 22.8 Å². The topological polar surface area (TPSA) is 82.2 Å². The first-order valence-corrected chi connectivity index (χ1v) is 6.69. The van der Waals surface area contributed by atoms with E-state index in [1.807, 2.05) is 0 Å². The van der Waals surface area contributed by atoms with E-state index >= 15 is 0 Å². The second kappa shape index (κ2) is 6.39. The van der Waals surface area contributed by atoms with Crippen LogP contribution in [0.5, 0.6) is 0 Å². The molecule has 1 heterocycles. The quantitative estimate of drug-likeness (QED) is 0.762. The van der Waals surface area contributed by atoms with E-state index in [9.17, 15) is 14.0 Å². The van der Waals surface area contributed by atoms with E-state index in [0.717, 1.165) is 10.9 Å². The minimum atomic E-state index is -0.879. The number of carbonyl (C=O) groups excluding carboxylic acids is 1. The van der Waals surface area contributed by atoms with Gasteiger partial charge in [-0.2, -0.15) is 0 Å². The van der Waals surface area contributed by atoms with Crippen molar-refractivity contribution in [1.29, 1.82) is 0 Å². The summed E-state index contributed by atoms with van der Waals surface area (Å²) in [4.78, 5) is 25.3. The van der Waals surface area contributed by atoms with E-state index in [1.165, 1.54) is 12.1 Å². The Hall–Kier alpha value is -2.37. The maximum absolute atomic E-state index is 13.1. The van der Waals surface area contributed by atoms with Gasteiger partial charge in [-0.25, -0.2) is 4.39 Å². The number of hydrogen-bond acceptors (Lipinski definition) is 2. The smallest absolute Gasteiger partial charge is 0.303 e. The van der Waals surface area contributed by atoms with E-state index in [-0.39, 0.29) is 30.5 Å². The summed E-state index contributed by atoms with van der Waals surface area (Å²) in [7, 11) is 0. The van der Waals surface area contributed by atoms with Gasteiger partial charge < -0.3 is 15.4 Å². The molecule has 2 aromatic rings. The molecular weight excluding hydrogens is 275 g/mol. The average Bonchev–Trinajstić information content (AvgIpc) is 2.78. The summed E-state index contributed by atoms with van der Waals surface area (Å²) in [5.74, 6) is -1.51. The van der Waals surface area contributed by atoms with Crippen LogP contribution in [0, 0.1) is 11.7 Å². The van der Waals surface area contributed by atoms with Crippen molar-refractivity contribution in [3.8, 4) is 0 Å². The zero-order chi connectivity index (χ0) is 15.4. The molecule has 2 rings (SSSR count). The van der Waals surface area contributed by atoms with Gasteiger partial charge in [-0.1, -0.05) is 6.92 Å². The predicted molar refractivity (Wildman–Crippen MR) is 76.4 cm³/mol. The number of H-pyrrole nitrogens is 1. The molecule has 5 nitrogen and oxygen atoms in total. The van der Waals surface area contributed by atoms with Gasteiger partial charge in [0, 0.05) is 30.1 Å². The molecule has 0 aliphatic carbocycles. The second-order valence-electron chi connectivity index (χ2n) is 5.19. The maximum Gasteiger partial charge on any atom is 0.303 e. The Morgan fingerprint density at radius 3 is 2.90 bits per heavy atom. The fourth-order valence-electron chi connectivity index (χ4n) is 2.20. The number of carboxylic acid groups (broad SMARTS) is 1. The van der Waals surface area contributed by atoms with Crippen molar-refractivity contribution < 1.29 is 19.1 Å². The Bertz CT molecular complexity index is 666. The first-order valence-electron chi connectivity index (χ1n) is 6.69. The monoisotopic (exact) mass is 292 g/mol. The van der Waals surface area contributed by atoms with Crippen molar-refractivity contribution in [1.82, 2.24) is 10.3 Å². The largest absolute Gasteiger partial charge is 0.481 e. The van der Waals surface area contributed by atoms with Crippen molar-refractivity contribution in [2.45, 2.75) is 19.8 Å². The van der Waals surface area contributed by atoms with Crippen LogP contribution in [0.4, 0.5) is 4.39 Å². The zero-order valence-corrected chi connectivity index (χ0v) is 11.6. The van der Waals surface area contributed by atoms with Crippen molar-refractivity contribution in [2.75, 3.05) is 6.54 Å². The van der Waals surface area contributed by atoms with Gasteiger partial charge in [-0.3, -0.25) is 9.59 Å². The molecule has 0 saturated carbocycles. The van der Waals surface area contributed by atoms with Crippen LogP contribution in [0.3, 0.4) is 0 Å². The highest BCUT2D eigenvalue weighted by Crippen LogP contribution is 2.19. The number of aromatic amines is 1. The number of halogens is 1. The Labute approximate surface area is 121 Å². The Kier molecular flexibility index (Phi) is 4.57. The number of rotatable bonds is 6. The highest BCUT2D eigenvalue weighted by Gasteiger charge is 2.12. The summed E-state index contributed by atoms with van der Waals surface area (Å²) in [5.41, 5.74) is 1.44. The van der Waals surface area contributed by atoms with Gasteiger partial charge in [-0.05, 0) is 29.7 Å². The summed E-state index contributed by atoms with van der Waals surface area (Å²) in [5, 5.41) is 12.2. The second-order valence-corrected chi connectivity index (χ2v) is 5.19. The molecule has 0 aliphatic rings. The molecule has 3 N–H and O–H groups in total. The number of nitrogens with one attached hydrogen (secondary N) is 2. The van der Waals surface area contributed by atoms with Crippen LogP contribution < -0.4 is 5.32 Å². The molecule has 0 aliphatic heterocycles. The lowest BCUT2D eigenvalue weighted by molar-refractivity contribution is -0.138. The number of carboxylic acids is 1. The molecule has 21 heavy (non-hydrogen) atoms. The highest BCUT2D eigenvalue weighted by molar-refractivity contribution is 5.88. The van der Waals surface area contributed by atoms with Crippen LogP contribution in [0.2, 0.25) is 0 Å². The molecule has 1 amide bonds. The molecule has 1 aromatic carbocycles. The van der Waals surface area contributed by atoms with E-state index in [4.69, 9.17) is 5.11 Å². The number of benzene rings is 1. The molecule has 1 atom stereocenters. The fourth-order valence-corrected chi connectivity index (χ4v) is 2.20. The van der Waals surface area contributed by atoms with Gasteiger partial charge >= 0.3 is 5.97 Å². The van der Waals surface area contributed by atoms with Gasteiger partial charge in [0.05, 0.1) is 6.42 Å². The molecule has 0 bridgehead atoms. The van der Waals surface area contributed by atoms with Crippen molar-refractivity contribution in [2.24, 2.45) is 5.92 Å². The number of hydrogen-bond donors (Lipinski definition) is 3. The molecule has 0 fully saturated rings. The molecule has 0 saturated heterocycles. The van der Waals surface area contributed by atoms with Crippen LogP contribution in [-0.2, 0) is 16.0 Å². The average molecular weight is 292 g/mol. The lowest BCUT2D eigenvalue weighted by atomic mass is 10.1. The number of carbonyl (C=O) groups is 2. The standard InChI is InChI=1S/C15H17FN2O3/c1-9(4-15(20)21)7-18-14(19)5-10-8-17-13-6-11(16)2-3-12(10)13/h2-3,6,8-9,17H,4-5,7H2,1H3,(H,18,19)(H,20,21). The van der Waals surface area contributed by atoms with Crippen molar-refractivity contribution in [3.05, 3.63) is 35.8 Å². The van der Waals surface area contributed by atoms with Crippen LogP contribution in [0.1, 0.15) is 18.9 Å². The highest BCUT2D eigenvalue weighted by atomic mass is 19.1. The van der Waals surface area contributed by atoms with Gasteiger partial charge in [0.1, 0.15) is 5.82 Å². The molecule has 112 valence electrons. The van der Waals surface area contributed by atoms with Crippen LogP contribution in [0.25, 0.3) is 10.9 Å².